The lowest BCUT2D eigenvalue weighted by molar-refractivity contribution is -0.130. The molecule has 2 unspecified atom stereocenters. The van der Waals surface area contributed by atoms with Crippen molar-refractivity contribution in [2.75, 3.05) is 0 Å². The van der Waals surface area contributed by atoms with Crippen molar-refractivity contribution in [1.29, 1.82) is 0 Å². The summed E-state index contributed by atoms with van der Waals surface area (Å²) in [6.45, 7) is 3.20. The standard InChI is InChI=1S/C10H10Cl2O2/c1-9(7(11)13)5-3-4-6-10(9,2)8(12)14/h3-6H,1-2H3. The molecule has 2 nitrogen and oxygen atoms in total. The highest BCUT2D eigenvalue weighted by molar-refractivity contribution is 6.68. The van der Waals surface area contributed by atoms with Crippen molar-refractivity contribution in [3.05, 3.63) is 24.3 Å². The van der Waals surface area contributed by atoms with E-state index >= 15 is 0 Å². The van der Waals surface area contributed by atoms with Crippen LogP contribution in [0, 0.1) is 10.8 Å². The topological polar surface area (TPSA) is 34.1 Å². The number of allylic oxidation sites excluding steroid dienone is 4. The highest BCUT2D eigenvalue weighted by Gasteiger charge is 2.51. The molecule has 0 aromatic rings. The van der Waals surface area contributed by atoms with Crippen molar-refractivity contribution in [2.45, 2.75) is 13.8 Å². The Balaban J connectivity index is 3.30. The van der Waals surface area contributed by atoms with E-state index in [2.05, 4.69) is 0 Å². The molecule has 0 saturated carbocycles. The van der Waals surface area contributed by atoms with E-state index in [1.807, 2.05) is 0 Å². The van der Waals surface area contributed by atoms with Crippen molar-refractivity contribution in [1.82, 2.24) is 0 Å². The smallest absolute Gasteiger partial charge is 0.232 e. The minimum atomic E-state index is -1.07. The van der Waals surface area contributed by atoms with Gasteiger partial charge in [-0.1, -0.05) is 24.3 Å². The predicted octanol–water partition coefficient (Wildman–Crippen LogP) is 2.66. The number of carbonyl (C=O) groups excluding carboxylic acids is 2. The number of rotatable bonds is 2. The molecule has 1 aliphatic rings. The average molecular weight is 233 g/mol. The molecule has 0 N–H and O–H groups in total. The molecule has 0 aliphatic heterocycles. The van der Waals surface area contributed by atoms with Crippen molar-refractivity contribution in [3.63, 3.8) is 0 Å². The second-order valence-corrected chi connectivity index (χ2v) is 4.36. The average Bonchev–Trinajstić information content (AvgIpc) is 2.09. The summed E-state index contributed by atoms with van der Waals surface area (Å²) < 4.78 is 0. The number of hydrogen-bond acceptors (Lipinski definition) is 2. The summed E-state index contributed by atoms with van der Waals surface area (Å²) in [5, 5.41) is -1.18. The summed E-state index contributed by atoms with van der Waals surface area (Å²) in [5.74, 6) is 0. The summed E-state index contributed by atoms with van der Waals surface area (Å²) in [7, 11) is 0. The van der Waals surface area contributed by atoms with Crippen LogP contribution >= 0.6 is 23.2 Å². The van der Waals surface area contributed by atoms with E-state index in [1.165, 1.54) is 0 Å². The molecule has 0 saturated heterocycles. The zero-order valence-corrected chi connectivity index (χ0v) is 9.39. The van der Waals surface area contributed by atoms with E-state index in [1.54, 1.807) is 38.2 Å². The van der Waals surface area contributed by atoms with Crippen LogP contribution in [0.5, 0.6) is 0 Å². The lowest BCUT2D eigenvalue weighted by Crippen LogP contribution is -2.44. The van der Waals surface area contributed by atoms with Crippen LogP contribution in [0.1, 0.15) is 13.8 Å². The maximum Gasteiger partial charge on any atom is 0.232 e. The first-order chi connectivity index (χ1) is 6.34. The lowest BCUT2D eigenvalue weighted by Gasteiger charge is -2.38. The van der Waals surface area contributed by atoms with E-state index < -0.39 is 21.3 Å². The van der Waals surface area contributed by atoms with E-state index in [-0.39, 0.29) is 0 Å². The fourth-order valence-electron chi connectivity index (χ4n) is 1.38. The van der Waals surface area contributed by atoms with E-state index in [4.69, 9.17) is 23.2 Å². The lowest BCUT2D eigenvalue weighted by atomic mass is 9.65. The second-order valence-electron chi connectivity index (χ2n) is 3.67. The monoisotopic (exact) mass is 232 g/mol. The van der Waals surface area contributed by atoms with Gasteiger partial charge in [0.25, 0.3) is 0 Å². The largest absolute Gasteiger partial charge is 0.280 e. The van der Waals surface area contributed by atoms with Crippen LogP contribution in [-0.4, -0.2) is 10.5 Å². The Morgan fingerprint density at radius 3 is 1.43 bits per heavy atom. The first-order valence-corrected chi connectivity index (χ1v) is 4.87. The van der Waals surface area contributed by atoms with Gasteiger partial charge in [-0.15, -0.1) is 0 Å². The summed E-state index contributed by atoms with van der Waals surface area (Å²) in [6, 6.07) is 0. The molecule has 2 atom stereocenters. The van der Waals surface area contributed by atoms with Gasteiger partial charge < -0.3 is 0 Å². The van der Waals surface area contributed by atoms with Gasteiger partial charge in [-0.25, -0.2) is 0 Å². The summed E-state index contributed by atoms with van der Waals surface area (Å²) in [6.07, 6.45) is 6.56. The normalized spacial score (nSPS) is 35.7. The maximum absolute atomic E-state index is 11.3. The fraction of sp³-hybridized carbons (Fsp3) is 0.400. The summed E-state index contributed by atoms with van der Waals surface area (Å²) >= 11 is 11.0. The Morgan fingerprint density at radius 1 is 0.929 bits per heavy atom. The Morgan fingerprint density at radius 2 is 1.21 bits per heavy atom. The molecule has 1 rings (SSSR count). The van der Waals surface area contributed by atoms with Gasteiger partial charge in [-0.2, -0.15) is 0 Å². The summed E-state index contributed by atoms with van der Waals surface area (Å²) in [4.78, 5) is 22.6. The van der Waals surface area contributed by atoms with Gasteiger partial charge >= 0.3 is 0 Å². The predicted molar refractivity (Wildman–Crippen MR) is 56.2 cm³/mol. The van der Waals surface area contributed by atoms with Gasteiger partial charge in [-0.05, 0) is 37.0 Å². The molecule has 14 heavy (non-hydrogen) atoms. The third-order valence-electron chi connectivity index (χ3n) is 2.87. The molecule has 0 fully saturated rings. The van der Waals surface area contributed by atoms with Crippen LogP contribution in [0.4, 0.5) is 0 Å². The molecule has 0 aromatic carbocycles. The van der Waals surface area contributed by atoms with Gasteiger partial charge in [0.15, 0.2) is 0 Å². The van der Waals surface area contributed by atoms with Gasteiger partial charge in [0.1, 0.15) is 0 Å². The number of halogens is 2. The first kappa shape index (κ1) is 11.5. The molecule has 76 valence electrons. The van der Waals surface area contributed by atoms with Gasteiger partial charge in [0.2, 0.25) is 10.5 Å². The first-order valence-electron chi connectivity index (χ1n) is 4.11. The molecule has 0 bridgehead atoms. The fourth-order valence-corrected chi connectivity index (χ4v) is 1.90. The third kappa shape index (κ3) is 1.43. The number of hydrogen-bond donors (Lipinski definition) is 0. The maximum atomic E-state index is 11.3. The van der Waals surface area contributed by atoms with E-state index in [0.717, 1.165) is 0 Å². The molecule has 1 aliphatic carbocycles. The van der Waals surface area contributed by atoms with Crippen molar-refractivity contribution in [3.8, 4) is 0 Å². The number of carbonyl (C=O) groups is 2. The molecule has 0 spiro atoms. The van der Waals surface area contributed by atoms with Crippen LogP contribution in [0.2, 0.25) is 0 Å². The zero-order chi connectivity index (χ0) is 11.0. The van der Waals surface area contributed by atoms with Crippen LogP contribution in [0.3, 0.4) is 0 Å². The van der Waals surface area contributed by atoms with E-state index in [0.29, 0.717) is 0 Å². The second kappa shape index (κ2) is 3.52. The minimum absolute atomic E-state index is 0.588. The highest BCUT2D eigenvalue weighted by Crippen LogP contribution is 2.47. The Hall–Kier alpha value is -0.600. The van der Waals surface area contributed by atoms with Crippen LogP contribution < -0.4 is 0 Å². The SMILES string of the molecule is CC1(C(=O)Cl)C=CC=CC1(C)C(=O)Cl. The van der Waals surface area contributed by atoms with Crippen LogP contribution in [0.25, 0.3) is 0 Å². The van der Waals surface area contributed by atoms with Gasteiger partial charge in [-0.3, -0.25) is 9.59 Å². The molecule has 0 amide bonds. The Bertz CT molecular complexity index is 312. The Labute approximate surface area is 92.6 Å². The third-order valence-corrected chi connectivity index (χ3v) is 3.65. The van der Waals surface area contributed by atoms with Crippen LogP contribution in [-0.2, 0) is 9.59 Å². The molecular weight excluding hydrogens is 223 g/mol. The van der Waals surface area contributed by atoms with Gasteiger partial charge in [0, 0.05) is 0 Å². The minimum Gasteiger partial charge on any atom is -0.280 e. The van der Waals surface area contributed by atoms with Gasteiger partial charge in [0.05, 0.1) is 10.8 Å². The van der Waals surface area contributed by atoms with E-state index in [9.17, 15) is 9.59 Å². The Kier molecular flexibility index (Phi) is 2.88. The molecule has 0 aromatic heterocycles. The van der Waals surface area contributed by atoms with Crippen molar-refractivity contribution in [2.24, 2.45) is 10.8 Å². The molecule has 4 heteroatoms. The summed E-state index contributed by atoms with van der Waals surface area (Å²) in [5.41, 5.74) is -2.13. The molecule has 0 radical (unpaired) electrons. The van der Waals surface area contributed by atoms with Crippen molar-refractivity contribution < 1.29 is 9.59 Å². The zero-order valence-electron chi connectivity index (χ0n) is 7.88. The quantitative estimate of drug-likeness (QED) is 0.687. The molecular formula is C10H10Cl2O2. The van der Waals surface area contributed by atoms with Crippen molar-refractivity contribution >= 4 is 33.7 Å². The highest BCUT2D eigenvalue weighted by atomic mass is 35.5. The molecule has 0 heterocycles. The van der Waals surface area contributed by atoms with Crippen LogP contribution in [0.15, 0.2) is 24.3 Å².